The summed E-state index contributed by atoms with van der Waals surface area (Å²) < 4.78 is 12.2. The zero-order valence-corrected chi connectivity index (χ0v) is 13.1. The molecule has 1 spiro atoms. The maximum absolute atomic E-state index is 6.15. The van der Waals surface area contributed by atoms with Gasteiger partial charge in [-0.05, 0) is 30.2 Å². The average molecular weight is 311 g/mol. The van der Waals surface area contributed by atoms with Crippen LogP contribution in [0.1, 0.15) is 18.4 Å². The fourth-order valence-corrected chi connectivity index (χ4v) is 3.58. The number of rotatable bonds is 4. The molecule has 5 heteroatoms. The highest BCUT2D eigenvalue weighted by Gasteiger charge is 2.46. The minimum absolute atomic E-state index is 0.0465. The molecule has 120 valence electrons. The van der Waals surface area contributed by atoms with Gasteiger partial charge in [-0.15, -0.1) is 0 Å². The van der Waals surface area contributed by atoms with Crippen molar-refractivity contribution >= 4 is 0 Å². The molecule has 4 heterocycles. The number of hydrogen-bond acceptors (Lipinski definition) is 5. The van der Waals surface area contributed by atoms with Crippen molar-refractivity contribution in [1.82, 2.24) is 14.9 Å². The van der Waals surface area contributed by atoms with Gasteiger partial charge in [-0.2, -0.15) is 0 Å². The Morgan fingerprint density at radius 2 is 2.09 bits per heavy atom. The first-order chi connectivity index (χ1) is 11.3. The summed E-state index contributed by atoms with van der Waals surface area (Å²) in [5.74, 6) is 0.823. The Balaban J connectivity index is 1.34. The molecule has 4 rings (SSSR count). The van der Waals surface area contributed by atoms with Crippen LogP contribution in [0.3, 0.4) is 0 Å². The lowest BCUT2D eigenvalue weighted by Crippen LogP contribution is -2.33. The molecule has 0 aliphatic carbocycles. The van der Waals surface area contributed by atoms with E-state index in [1.165, 1.54) is 5.56 Å². The van der Waals surface area contributed by atoms with Crippen molar-refractivity contribution in [3.05, 3.63) is 54.6 Å². The number of likely N-dealkylation sites (tertiary alicyclic amines) is 1. The van der Waals surface area contributed by atoms with Crippen LogP contribution in [0.2, 0.25) is 0 Å². The molecule has 2 unspecified atom stereocenters. The quantitative estimate of drug-likeness (QED) is 0.867. The fourth-order valence-electron chi connectivity index (χ4n) is 3.58. The monoisotopic (exact) mass is 311 g/mol. The predicted octanol–water partition coefficient (Wildman–Crippen LogP) is 2.29. The van der Waals surface area contributed by atoms with Crippen LogP contribution in [-0.4, -0.2) is 46.3 Å². The Morgan fingerprint density at radius 1 is 1.22 bits per heavy atom. The van der Waals surface area contributed by atoms with E-state index in [9.17, 15) is 0 Å². The highest BCUT2D eigenvalue weighted by atomic mass is 16.6. The Bertz CT molecular complexity index is 578. The number of hydrogen-bond donors (Lipinski definition) is 0. The maximum Gasteiger partial charge on any atom is 0.138 e. The van der Waals surface area contributed by atoms with Crippen molar-refractivity contribution in [2.75, 3.05) is 19.7 Å². The van der Waals surface area contributed by atoms with Gasteiger partial charge in [-0.1, -0.05) is 6.07 Å². The van der Waals surface area contributed by atoms with Gasteiger partial charge in [0.05, 0.1) is 18.4 Å². The van der Waals surface area contributed by atoms with Crippen molar-refractivity contribution in [2.24, 2.45) is 0 Å². The van der Waals surface area contributed by atoms with Crippen LogP contribution in [0.25, 0.3) is 0 Å². The minimum Gasteiger partial charge on any atom is -0.486 e. The standard InChI is InChI=1S/C18H21N3O2/c1-3-15(10-19-6-1)12-21-8-5-18(14-21)9-17(13-22-18)23-16-4-2-7-20-11-16/h1-4,6-7,10-11,17H,5,8-9,12-14H2. The number of aromatic nitrogens is 2. The number of pyridine rings is 2. The van der Waals surface area contributed by atoms with E-state index in [-0.39, 0.29) is 11.7 Å². The van der Waals surface area contributed by atoms with Gasteiger partial charge in [0.1, 0.15) is 11.9 Å². The average Bonchev–Trinajstić information content (AvgIpc) is 3.16. The molecule has 2 saturated heterocycles. The zero-order valence-electron chi connectivity index (χ0n) is 13.1. The second-order valence-electron chi connectivity index (χ2n) is 6.45. The van der Waals surface area contributed by atoms with Gasteiger partial charge >= 0.3 is 0 Å². The van der Waals surface area contributed by atoms with E-state index in [4.69, 9.17) is 9.47 Å². The summed E-state index contributed by atoms with van der Waals surface area (Å²) in [7, 11) is 0. The van der Waals surface area contributed by atoms with Crippen LogP contribution in [0.5, 0.6) is 5.75 Å². The second kappa shape index (κ2) is 6.26. The van der Waals surface area contributed by atoms with E-state index in [1.54, 1.807) is 12.4 Å². The van der Waals surface area contributed by atoms with Gasteiger partial charge in [0.15, 0.2) is 0 Å². The van der Waals surface area contributed by atoms with Crippen molar-refractivity contribution in [3.63, 3.8) is 0 Å². The summed E-state index contributed by atoms with van der Waals surface area (Å²) in [6.45, 7) is 3.63. The lowest BCUT2D eigenvalue weighted by molar-refractivity contribution is 0.00933. The molecular weight excluding hydrogens is 290 g/mol. The molecule has 2 aliphatic rings. The Morgan fingerprint density at radius 3 is 2.87 bits per heavy atom. The maximum atomic E-state index is 6.15. The highest BCUT2D eigenvalue weighted by molar-refractivity contribution is 5.16. The molecule has 23 heavy (non-hydrogen) atoms. The van der Waals surface area contributed by atoms with Gasteiger partial charge in [-0.25, -0.2) is 0 Å². The highest BCUT2D eigenvalue weighted by Crippen LogP contribution is 2.37. The summed E-state index contributed by atoms with van der Waals surface area (Å²) in [5, 5.41) is 0. The van der Waals surface area contributed by atoms with Gasteiger partial charge in [0.25, 0.3) is 0 Å². The minimum atomic E-state index is -0.0465. The van der Waals surface area contributed by atoms with Crippen molar-refractivity contribution in [2.45, 2.75) is 31.1 Å². The summed E-state index contributed by atoms with van der Waals surface area (Å²) in [6.07, 6.45) is 9.41. The Kier molecular flexibility index (Phi) is 3.97. The largest absolute Gasteiger partial charge is 0.486 e. The molecule has 0 saturated carbocycles. The SMILES string of the molecule is c1cncc(CN2CCC3(CC(Oc4cccnc4)CO3)C2)c1. The van der Waals surface area contributed by atoms with Gasteiger partial charge in [0.2, 0.25) is 0 Å². The molecule has 0 N–H and O–H groups in total. The zero-order chi connectivity index (χ0) is 15.5. The van der Waals surface area contributed by atoms with E-state index >= 15 is 0 Å². The fraction of sp³-hybridized carbons (Fsp3) is 0.444. The topological polar surface area (TPSA) is 47.5 Å². The van der Waals surface area contributed by atoms with E-state index < -0.39 is 0 Å². The Labute approximate surface area is 136 Å². The van der Waals surface area contributed by atoms with Gasteiger partial charge in [0, 0.05) is 44.6 Å². The molecule has 2 fully saturated rings. The molecule has 2 aliphatic heterocycles. The van der Waals surface area contributed by atoms with Gasteiger partial charge < -0.3 is 9.47 Å². The first kappa shape index (κ1) is 14.6. The molecule has 2 atom stereocenters. The molecular formula is C18H21N3O2. The normalized spacial score (nSPS) is 27.6. The van der Waals surface area contributed by atoms with Crippen LogP contribution < -0.4 is 4.74 Å². The Hall–Kier alpha value is -1.98. The van der Waals surface area contributed by atoms with E-state index in [1.807, 2.05) is 30.6 Å². The first-order valence-electron chi connectivity index (χ1n) is 8.13. The van der Waals surface area contributed by atoms with E-state index in [2.05, 4.69) is 20.9 Å². The molecule has 5 nitrogen and oxygen atoms in total. The van der Waals surface area contributed by atoms with Crippen LogP contribution in [-0.2, 0) is 11.3 Å². The summed E-state index contributed by atoms with van der Waals surface area (Å²) in [6, 6.07) is 7.96. The second-order valence-corrected chi connectivity index (χ2v) is 6.45. The first-order valence-corrected chi connectivity index (χ1v) is 8.13. The van der Waals surface area contributed by atoms with Crippen LogP contribution in [0.4, 0.5) is 0 Å². The van der Waals surface area contributed by atoms with E-state index in [0.29, 0.717) is 6.61 Å². The van der Waals surface area contributed by atoms with Crippen molar-refractivity contribution in [3.8, 4) is 5.75 Å². The molecule has 0 aromatic carbocycles. The third-order valence-electron chi connectivity index (χ3n) is 4.64. The molecule has 0 amide bonds. The van der Waals surface area contributed by atoms with Crippen LogP contribution in [0.15, 0.2) is 49.1 Å². The third-order valence-corrected chi connectivity index (χ3v) is 4.64. The molecule has 0 bridgehead atoms. The lowest BCUT2D eigenvalue weighted by Gasteiger charge is -2.23. The molecule has 2 aromatic heterocycles. The smallest absolute Gasteiger partial charge is 0.138 e. The van der Waals surface area contributed by atoms with Gasteiger partial charge in [-0.3, -0.25) is 14.9 Å². The summed E-state index contributed by atoms with van der Waals surface area (Å²) >= 11 is 0. The number of nitrogens with zero attached hydrogens (tertiary/aromatic N) is 3. The van der Waals surface area contributed by atoms with Crippen LogP contribution in [0, 0.1) is 0 Å². The predicted molar refractivity (Wildman–Crippen MR) is 86.1 cm³/mol. The van der Waals surface area contributed by atoms with Crippen molar-refractivity contribution in [1.29, 1.82) is 0 Å². The third kappa shape index (κ3) is 3.35. The molecule has 2 aromatic rings. The summed E-state index contributed by atoms with van der Waals surface area (Å²) in [4.78, 5) is 10.7. The summed E-state index contributed by atoms with van der Waals surface area (Å²) in [5.41, 5.74) is 1.21. The van der Waals surface area contributed by atoms with Crippen molar-refractivity contribution < 1.29 is 9.47 Å². The molecule has 0 radical (unpaired) electrons. The van der Waals surface area contributed by atoms with E-state index in [0.717, 1.165) is 38.2 Å². The lowest BCUT2D eigenvalue weighted by atomic mass is 9.98. The number of ether oxygens (including phenoxy) is 2. The van der Waals surface area contributed by atoms with Crippen LogP contribution >= 0.6 is 0 Å².